The van der Waals surface area contributed by atoms with Crippen molar-refractivity contribution in [2.45, 2.75) is 46.6 Å². The molecule has 0 saturated carbocycles. The molecule has 5 nitrogen and oxygen atoms in total. The molecule has 1 aromatic carbocycles. The maximum atomic E-state index is 12.7. The lowest BCUT2D eigenvalue weighted by molar-refractivity contribution is -0.132. The molecule has 1 fully saturated rings. The molecular weight excluding hydrogens is 314 g/mol. The van der Waals surface area contributed by atoms with E-state index < -0.39 is 5.41 Å². The van der Waals surface area contributed by atoms with Gasteiger partial charge in [-0.3, -0.25) is 4.79 Å². The molecular formula is C20H31N3O2. The van der Waals surface area contributed by atoms with Crippen LogP contribution in [0.4, 0.5) is 4.79 Å². The lowest BCUT2D eigenvalue weighted by Gasteiger charge is -2.39. The number of hydrogen-bond donors (Lipinski definition) is 2. The fourth-order valence-electron chi connectivity index (χ4n) is 3.17. The van der Waals surface area contributed by atoms with Crippen LogP contribution in [0, 0.1) is 11.3 Å². The molecule has 1 aliphatic rings. The summed E-state index contributed by atoms with van der Waals surface area (Å²) in [6, 6.07) is 9.84. The van der Waals surface area contributed by atoms with Crippen molar-refractivity contribution in [1.29, 1.82) is 0 Å². The van der Waals surface area contributed by atoms with Gasteiger partial charge in [-0.05, 0) is 37.7 Å². The van der Waals surface area contributed by atoms with Crippen LogP contribution in [-0.4, -0.2) is 36.5 Å². The molecule has 0 bridgehead atoms. The third-order valence-corrected chi connectivity index (χ3v) is 4.83. The summed E-state index contributed by atoms with van der Waals surface area (Å²) < 4.78 is 0. The van der Waals surface area contributed by atoms with Gasteiger partial charge in [0.05, 0.1) is 5.41 Å². The van der Waals surface area contributed by atoms with Crippen molar-refractivity contribution >= 4 is 11.9 Å². The molecule has 0 aliphatic carbocycles. The Labute approximate surface area is 151 Å². The van der Waals surface area contributed by atoms with E-state index in [1.165, 1.54) is 0 Å². The molecule has 1 aliphatic heterocycles. The van der Waals surface area contributed by atoms with E-state index in [4.69, 9.17) is 0 Å². The Morgan fingerprint density at radius 3 is 2.60 bits per heavy atom. The Morgan fingerprint density at radius 2 is 1.92 bits per heavy atom. The zero-order valence-corrected chi connectivity index (χ0v) is 15.7. The van der Waals surface area contributed by atoms with E-state index in [-0.39, 0.29) is 11.9 Å². The summed E-state index contributed by atoms with van der Waals surface area (Å²) in [5, 5.41) is 6.00. The summed E-state index contributed by atoms with van der Waals surface area (Å²) in [7, 11) is 0. The fraction of sp³-hybridized carbons (Fsp3) is 0.600. The second-order valence-corrected chi connectivity index (χ2v) is 7.67. The average Bonchev–Trinajstić information content (AvgIpc) is 2.60. The minimum absolute atomic E-state index is 0.0241. The zero-order chi connectivity index (χ0) is 18.3. The zero-order valence-electron chi connectivity index (χ0n) is 15.7. The highest BCUT2D eigenvalue weighted by Gasteiger charge is 2.39. The van der Waals surface area contributed by atoms with Crippen molar-refractivity contribution in [1.82, 2.24) is 15.5 Å². The summed E-state index contributed by atoms with van der Waals surface area (Å²) in [6.45, 7) is 8.64. The molecule has 1 heterocycles. The number of nitrogens with one attached hydrogen (secondary N) is 2. The van der Waals surface area contributed by atoms with E-state index >= 15 is 0 Å². The Balaban J connectivity index is 1.86. The van der Waals surface area contributed by atoms with Gasteiger partial charge in [0.15, 0.2) is 0 Å². The van der Waals surface area contributed by atoms with Gasteiger partial charge in [-0.2, -0.15) is 0 Å². The van der Waals surface area contributed by atoms with Gasteiger partial charge in [-0.1, -0.05) is 44.2 Å². The highest BCUT2D eigenvalue weighted by Crippen LogP contribution is 2.29. The van der Waals surface area contributed by atoms with Crippen molar-refractivity contribution in [3.63, 3.8) is 0 Å². The number of carbonyl (C=O) groups excluding carboxylic acids is 2. The van der Waals surface area contributed by atoms with Crippen molar-refractivity contribution in [3.8, 4) is 0 Å². The summed E-state index contributed by atoms with van der Waals surface area (Å²) >= 11 is 0. The smallest absolute Gasteiger partial charge is 0.317 e. The summed E-state index contributed by atoms with van der Waals surface area (Å²) in [4.78, 5) is 26.8. The Kier molecular flexibility index (Phi) is 6.85. The van der Waals surface area contributed by atoms with Crippen LogP contribution in [-0.2, 0) is 11.3 Å². The van der Waals surface area contributed by atoms with Crippen LogP contribution in [0.2, 0.25) is 0 Å². The number of nitrogens with zero attached hydrogens (tertiary/aromatic N) is 1. The van der Waals surface area contributed by atoms with E-state index in [9.17, 15) is 9.59 Å². The Hall–Kier alpha value is -2.04. The van der Waals surface area contributed by atoms with Crippen LogP contribution in [0.3, 0.4) is 0 Å². The molecule has 25 heavy (non-hydrogen) atoms. The SMILES string of the molecule is CC(C)CCNC(=O)N1CCCC(C)(C(=O)NCc2ccccc2)C1. The predicted octanol–water partition coefficient (Wildman–Crippen LogP) is 3.16. The number of amides is 3. The molecule has 3 amide bonds. The summed E-state index contributed by atoms with van der Waals surface area (Å²) in [5.74, 6) is 0.590. The molecule has 5 heteroatoms. The first-order valence-corrected chi connectivity index (χ1v) is 9.26. The standard InChI is InChI=1S/C20H31N3O2/c1-16(2)10-12-21-19(25)23-13-7-11-20(3,15-23)18(24)22-14-17-8-5-4-6-9-17/h4-6,8-9,16H,7,10-15H2,1-3H3,(H,21,25)(H,22,24). The number of rotatable bonds is 6. The van der Waals surface area contributed by atoms with E-state index in [1.54, 1.807) is 4.90 Å². The van der Waals surface area contributed by atoms with Crippen molar-refractivity contribution < 1.29 is 9.59 Å². The maximum absolute atomic E-state index is 12.7. The number of hydrogen-bond acceptors (Lipinski definition) is 2. The second kappa shape index (κ2) is 8.88. The third kappa shape index (κ3) is 5.76. The van der Waals surface area contributed by atoms with E-state index in [2.05, 4.69) is 24.5 Å². The molecule has 2 rings (SSSR count). The van der Waals surface area contributed by atoms with Crippen LogP contribution < -0.4 is 10.6 Å². The average molecular weight is 345 g/mol. The largest absolute Gasteiger partial charge is 0.351 e. The Bertz CT molecular complexity index is 574. The fourth-order valence-corrected chi connectivity index (χ4v) is 3.17. The van der Waals surface area contributed by atoms with Crippen molar-refractivity contribution in [2.75, 3.05) is 19.6 Å². The maximum Gasteiger partial charge on any atom is 0.317 e. The van der Waals surface area contributed by atoms with E-state index in [1.807, 2.05) is 37.3 Å². The summed E-state index contributed by atoms with van der Waals surface area (Å²) in [6.07, 6.45) is 2.63. The van der Waals surface area contributed by atoms with Gasteiger partial charge in [-0.15, -0.1) is 0 Å². The molecule has 0 aromatic heterocycles. The van der Waals surface area contributed by atoms with Crippen molar-refractivity contribution in [3.05, 3.63) is 35.9 Å². The van der Waals surface area contributed by atoms with Gasteiger partial charge in [0.2, 0.25) is 5.91 Å². The minimum Gasteiger partial charge on any atom is -0.351 e. The molecule has 1 aromatic rings. The molecule has 2 N–H and O–H groups in total. The molecule has 1 unspecified atom stereocenters. The number of carbonyl (C=O) groups is 2. The number of urea groups is 1. The molecule has 1 saturated heterocycles. The number of benzene rings is 1. The highest BCUT2D eigenvalue weighted by atomic mass is 16.2. The molecule has 0 radical (unpaired) electrons. The molecule has 0 spiro atoms. The van der Waals surface area contributed by atoms with Crippen LogP contribution in [0.15, 0.2) is 30.3 Å². The van der Waals surface area contributed by atoms with Crippen LogP contribution in [0.5, 0.6) is 0 Å². The first kappa shape index (κ1) is 19.3. The van der Waals surface area contributed by atoms with Crippen LogP contribution in [0.25, 0.3) is 0 Å². The lowest BCUT2D eigenvalue weighted by Crippen LogP contribution is -2.54. The third-order valence-electron chi connectivity index (χ3n) is 4.83. The molecule has 1 atom stereocenters. The first-order valence-electron chi connectivity index (χ1n) is 9.26. The number of piperidine rings is 1. The van der Waals surface area contributed by atoms with Gasteiger partial charge in [0.25, 0.3) is 0 Å². The molecule has 138 valence electrons. The monoisotopic (exact) mass is 345 g/mol. The van der Waals surface area contributed by atoms with Gasteiger partial charge in [-0.25, -0.2) is 4.79 Å². The number of likely N-dealkylation sites (tertiary alicyclic amines) is 1. The van der Waals surface area contributed by atoms with Gasteiger partial charge < -0.3 is 15.5 Å². The van der Waals surface area contributed by atoms with Gasteiger partial charge in [0.1, 0.15) is 0 Å². The van der Waals surface area contributed by atoms with E-state index in [0.29, 0.717) is 25.6 Å². The first-order chi connectivity index (χ1) is 11.9. The van der Waals surface area contributed by atoms with E-state index in [0.717, 1.165) is 31.4 Å². The van der Waals surface area contributed by atoms with Crippen LogP contribution in [0.1, 0.15) is 45.6 Å². The lowest BCUT2D eigenvalue weighted by atomic mass is 9.81. The Morgan fingerprint density at radius 1 is 1.20 bits per heavy atom. The normalized spacial score (nSPS) is 20.4. The van der Waals surface area contributed by atoms with Crippen LogP contribution >= 0.6 is 0 Å². The predicted molar refractivity (Wildman–Crippen MR) is 100 cm³/mol. The van der Waals surface area contributed by atoms with Gasteiger partial charge >= 0.3 is 6.03 Å². The minimum atomic E-state index is -0.525. The highest BCUT2D eigenvalue weighted by molar-refractivity contribution is 5.84. The van der Waals surface area contributed by atoms with Gasteiger partial charge in [0, 0.05) is 26.2 Å². The summed E-state index contributed by atoms with van der Waals surface area (Å²) in [5.41, 5.74) is 0.557. The topological polar surface area (TPSA) is 61.4 Å². The second-order valence-electron chi connectivity index (χ2n) is 7.67. The quantitative estimate of drug-likeness (QED) is 0.832. The van der Waals surface area contributed by atoms with Crippen molar-refractivity contribution in [2.24, 2.45) is 11.3 Å².